The Bertz CT molecular complexity index is 109. The molecule has 2 rings (SSSR count). The third-order valence-electron chi connectivity index (χ3n) is 2.67. The van der Waals surface area contributed by atoms with Crippen LogP contribution in [0.4, 0.5) is 0 Å². The van der Waals surface area contributed by atoms with Gasteiger partial charge in [0.05, 0.1) is 0 Å². The molecule has 8 heavy (non-hydrogen) atoms. The molecule has 0 aromatic rings. The molecule has 1 saturated heterocycles. The lowest BCUT2D eigenvalue weighted by Crippen LogP contribution is -2.14. The van der Waals surface area contributed by atoms with E-state index in [1.165, 1.54) is 12.8 Å². The minimum atomic E-state index is 0.720. The Labute approximate surface area is 50.0 Å². The van der Waals surface area contributed by atoms with Crippen LogP contribution in [0.25, 0.3) is 0 Å². The van der Waals surface area contributed by atoms with Gasteiger partial charge < -0.3 is 4.74 Å². The van der Waals surface area contributed by atoms with E-state index in [0.717, 1.165) is 24.5 Å². The molecule has 0 unspecified atom stereocenters. The van der Waals surface area contributed by atoms with Crippen LogP contribution in [-0.2, 0) is 4.74 Å². The SMILES string of the molecule is C[C@@]12CCOC[C@@H]1C2. The molecule has 0 aromatic heterocycles. The van der Waals surface area contributed by atoms with E-state index in [4.69, 9.17) is 4.74 Å². The van der Waals surface area contributed by atoms with Crippen LogP contribution in [0.5, 0.6) is 0 Å². The number of rotatable bonds is 0. The van der Waals surface area contributed by atoms with Gasteiger partial charge in [0.2, 0.25) is 0 Å². The molecule has 0 N–H and O–H groups in total. The molecule has 0 aromatic carbocycles. The largest absolute Gasteiger partial charge is 0.381 e. The Morgan fingerprint density at radius 3 is 3.00 bits per heavy atom. The number of fused-ring (bicyclic) bond motifs is 1. The van der Waals surface area contributed by atoms with Gasteiger partial charge in [-0.15, -0.1) is 0 Å². The predicted molar refractivity (Wildman–Crippen MR) is 31.6 cm³/mol. The molecule has 2 aliphatic rings. The van der Waals surface area contributed by atoms with Crippen molar-refractivity contribution in [2.24, 2.45) is 11.3 Å². The van der Waals surface area contributed by atoms with Crippen molar-refractivity contribution in [3.8, 4) is 0 Å². The molecular formula is C7H12O. The second-order valence-electron chi connectivity index (χ2n) is 3.38. The van der Waals surface area contributed by atoms with Crippen molar-refractivity contribution in [3.05, 3.63) is 0 Å². The molecule has 0 spiro atoms. The number of hydrogen-bond acceptors (Lipinski definition) is 1. The van der Waals surface area contributed by atoms with E-state index >= 15 is 0 Å². The highest BCUT2D eigenvalue weighted by molar-refractivity contribution is 5.00. The van der Waals surface area contributed by atoms with Crippen LogP contribution in [0, 0.1) is 11.3 Å². The summed E-state index contributed by atoms with van der Waals surface area (Å²) in [4.78, 5) is 0. The normalized spacial score (nSPS) is 52.9. The second kappa shape index (κ2) is 1.27. The van der Waals surface area contributed by atoms with Crippen molar-refractivity contribution >= 4 is 0 Å². The molecule has 1 nitrogen and oxygen atoms in total. The zero-order chi connectivity index (χ0) is 5.61. The van der Waals surface area contributed by atoms with Gasteiger partial charge in [-0.3, -0.25) is 0 Å². The lowest BCUT2D eigenvalue weighted by atomic mass is 10.0. The molecule has 1 heterocycles. The summed E-state index contributed by atoms with van der Waals surface area (Å²) in [7, 11) is 0. The monoisotopic (exact) mass is 112 g/mol. The molecule has 0 radical (unpaired) electrons. The van der Waals surface area contributed by atoms with Gasteiger partial charge in [0.1, 0.15) is 0 Å². The molecule has 1 aliphatic carbocycles. The Balaban J connectivity index is 2.04. The van der Waals surface area contributed by atoms with Gasteiger partial charge in [-0.05, 0) is 24.2 Å². The summed E-state index contributed by atoms with van der Waals surface area (Å²) in [5, 5.41) is 0. The smallest absolute Gasteiger partial charge is 0.0499 e. The first-order valence-corrected chi connectivity index (χ1v) is 3.39. The van der Waals surface area contributed by atoms with Crippen LogP contribution >= 0.6 is 0 Å². The van der Waals surface area contributed by atoms with Crippen LogP contribution < -0.4 is 0 Å². The van der Waals surface area contributed by atoms with Crippen LogP contribution in [0.3, 0.4) is 0 Å². The maximum Gasteiger partial charge on any atom is 0.0499 e. The molecule has 0 amide bonds. The van der Waals surface area contributed by atoms with E-state index < -0.39 is 0 Å². The fraction of sp³-hybridized carbons (Fsp3) is 1.00. The highest BCUT2D eigenvalue weighted by Gasteiger charge is 2.51. The molecule has 1 heteroatoms. The first kappa shape index (κ1) is 4.80. The van der Waals surface area contributed by atoms with Gasteiger partial charge in [-0.1, -0.05) is 6.92 Å². The highest BCUT2D eigenvalue weighted by Crippen LogP contribution is 2.56. The van der Waals surface area contributed by atoms with Crippen molar-refractivity contribution in [3.63, 3.8) is 0 Å². The van der Waals surface area contributed by atoms with E-state index in [1.807, 2.05) is 0 Å². The van der Waals surface area contributed by atoms with Crippen LogP contribution in [0.2, 0.25) is 0 Å². The van der Waals surface area contributed by atoms with Crippen molar-refractivity contribution in [1.82, 2.24) is 0 Å². The fourth-order valence-electron chi connectivity index (χ4n) is 1.60. The lowest BCUT2D eigenvalue weighted by Gasteiger charge is -2.16. The summed E-state index contributed by atoms with van der Waals surface area (Å²) in [5.74, 6) is 0.927. The van der Waals surface area contributed by atoms with Crippen molar-refractivity contribution in [1.29, 1.82) is 0 Å². The zero-order valence-corrected chi connectivity index (χ0v) is 5.31. The van der Waals surface area contributed by atoms with Crippen LogP contribution in [0.1, 0.15) is 19.8 Å². The molecule has 2 fully saturated rings. The molecule has 46 valence electrons. The minimum Gasteiger partial charge on any atom is -0.381 e. The van der Waals surface area contributed by atoms with E-state index in [2.05, 4.69) is 6.92 Å². The summed E-state index contributed by atoms with van der Waals surface area (Å²) in [5.41, 5.74) is 0.720. The van der Waals surface area contributed by atoms with Gasteiger partial charge in [-0.2, -0.15) is 0 Å². The predicted octanol–water partition coefficient (Wildman–Crippen LogP) is 1.43. The first-order chi connectivity index (χ1) is 3.81. The van der Waals surface area contributed by atoms with Gasteiger partial charge in [0.25, 0.3) is 0 Å². The second-order valence-corrected chi connectivity index (χ2v) is 3.38. The summed E-state index contributed by atoms with van der Waals surface area (Å²) < 4.78 is 5.29. The summed E-state index contributed by atoms with van der Waals surface area (Å²) in [6, 6.07) is 0. The maximum atomic E-state index is 5.29. The maximum absolute atomic E-state index is 5.29. The average Bonchev–Trinajstić information content (AvgIpc) is 2.39. The van der Waals surface area contributed by atoms with Gasteiger partial charge in [-0.25, -0.2) is 0 Å². The summed E-state index contributed by atoms with van der Waals surface area (Å²) >= 11 is 0. The number of ether oxygens (including phenoxy) is 1. The van der Waals surface area contributed by atoms with Crippen molar-refractivity contribution in [2.75, 3.05) is 13.2 Å². The molecule has 1 aliphatic heterocycles. The number of hydrogen-bond donors (Lipinski definition) is 0. The summed E-state index contributed by atoms with van der Waals surface area (Å²) in [6.07, 6.45) is 2.73. The van der Waals surface area contributed by atoms with E-state index in [-0.39, 0.29) is 0 Å². The zero-order valence-electron chi connectivity index (χ0n) is 5.31. The fourth-order valence-corrected chi connectivity index (χ4v) is 1.60. The topological polar surface area (TPSA) is 9.23 Å². The molecule has 0 bridgehead atoms. The minimum absolute atomic E-state index is 0.720. The van der Waals surface area contributed by atoms with Crippen molar-refractivity contribution < 1.29 is 4.74 Å². The lowest BCUT2D eigenvalue weighted by molar-refractivity contribution is 0.0667. The van der Waals surface area contributed by atoms with Gasteiger partial charge in [0.15, 0.2) is 0 Å². The molecule has 1 saturated carbocycles. The average molecular weight is 112 g/mol. The Hall–Kier alpha value is -0.0400. The Morgan fingerprint density at radius 2 is 2.50 bits per heavy atom. The van der Waals surface area contributed by atoms with E-state index in [9.17, 15) is 0 Å². The Morgan fingerprint density at radius 1 is 1.62 bits per heavy atom. The van der Waals surface area contributed by atoms with E-state index in [1.54, 1.807) is 0 Å². The highest BCUT2D eigenvalue weighted by atomic mass is 16.5. The standard InChI is InChI=1S/C7H12O/c1-7-2-3-8-5-6(7)4-7/h6H,2-5H2,1H3/t6-,7-/m0/s1. The first-order valence-electron chi connectivity index (χ1n) is 3.39. The van der Waals surface area contributed by atoms with Gasteiger partial charge in [0, 0.05) is 13.2 Å². The van der Waals surface area contributed by atoms with Gasteiger partial charge >= 0.3 is 0 Å². The quantitative estimate of drug-likeness (QED) is 0.460. The molecule has 2 atom stereocenters. The molecular weight excluding hydrogens is 100 g/mol. The summed E-state index contributed by atoms with van der Waals surface area (Å²) in [6.45, 7) is 4.42. The van der Waals surface area contributed by atoms with Crippen LogP contribution in [-0.4, -0.2) is 13.2 Å². The third-order valence-corrected chi connectivity index (χ3v) is 2.67. The van der Waals surface area contributed by atoms with Crippen molar-refractivity contribution in [2.45, 2.75) is 19.8 Å². The Kier molecular flexibility index (Phi) is 0.762. The van der Waals surface area contributed by atoms with Crippen LogP contribution in [0.15, 0.2) is 0 Å². The van der Waals surface area contributed by atoms with E-state index in [0.29, 0.717) is 0 Å². The third kappa shape index (κ3) is 0.510.